The van der Waals surface area contributed by atoms with Gasteiger partial charge in [0.15, 0.2) is 0 Å². The molecule has 1 unspecified atom stereocenters. The fourth-order valence-corrected chi connectivity index (χ4v) is 2.37. The van der Waals surface area contributed by atoms with Gasteiger partial charge in [0.25, 0.3) is 0 Å². The minimum absolute atomic E-state index is 0.128. The molecule has 1 aliphatic carbocycles. The van der Waals surface area contributed by atoms with Gasteiger partial charge in [0.05, 0.1) is 0 Å². The maximum absolute atomic E-state index is 5.83. The topological polar surface area (TPSA) is 38.0 Å². The highest BCUT2D eigenvalue weighted by Gasteiger charge is 2.12. The first kappa shape index (κ1) is 11.5. The van der Waals surface area contributed by atoms with E-state index >= 15 is 0 Å². The first-order chi connectivity index (χ1) is 7.75. The Morgan fingerprint density at radius 1 is 1.12 bits per heavy atom. The first-order valence-corrected chi connectivity index (χ1v) is 6.38. The van der Waals surface area contributed by atoms with E-state index in [2.05, 4.69) is 29.6 Å². The summed E-state index contributed by atoms with van der Waals surface area (Å²) >= 11 is 0. The molecular weight excluding hydrogens is 196 g/mol. The fourth-order valence-electron chi connectivity index (χ4n) is 2.37. The number of anilines is 1. The largest absolute Gasteiger partial charge is 0.382 e. The number of hydrogen-bond acceptors (Lipinski definition) is 2. The summed E-state index contributed by atoms with van der Waals surface area (Å²) in [6.45, 7) is 2.02. The van der Waals surface area contributed by atoms with Crippen molar-refractivity contribution in [1.82, 2.24) is 0 Å². The highest BCUT2D eigenvalue weighted by Crippen LogP contribution is 2.22. The number of nitrogens with one attached hydrogen (secondary N) is 1. The normalized spacial score (nSPS) is 19.4. The SMILES string of the molecule is CC(N)c1ccc(NC2CCCCC2)cc1. The highest BCUT2D eigenvalue weighted by atomic mass is 14.9. The van der Waals surface area contributed by atoms with E-state index in [1.165, 1.54) is 43.4 Å². The molecule has 0 amide bonds. The summed E-state index contributed by atoms with van der Waals surface area (Å²) in [6.07, 6.45) is 6.77. The highest BCUT2D eigenvalue weighted by molar-refractivity contribution is 5.45. The molecular formula is C14H22N2. The quantitative estimate of drug-likeness (QED) is 0.815. The van der Waals surface area contributed by atoms with E-state index in [0.717, 1.165) is 0 Å². The third kappa shape index (κ3) is 2.99. The van der Waals surface area contributed by atoms with E-state index in [-0.39, 0.29) is 6.04 Å². The van der Waals surface area contributed by atoms with Crippen LogP contribution in [0.3, 0.4) is 0 Å². The van der Waals surface area contributed by atoms with Crippen LogP contribution in [-0.2, 0) is 0 Å². The Bertz CT molecular complexity index is 310. The van der Waals surface area contributed by atoms with Crippen molar-refractivity contribution < 1.29 is 0 Å². The van der Waals surface area contributed by atoms with Crippen LogP contribution in [0.5, 0.6) is 0 Å². The zero-order valence-corrected chi connectivity index (χ0v) is 10.1. The maximum Gasteiger partial charge on any atom is 0.0342 e. The Balaban J connectivity index is 1.93. The molecule has 3 N–H and O–H groups in total. The van der Waals surface area contributed by atoms with E-state index in [1.807, 2.05) is 6.92 Å². The summed E-state index contributed by atoms with van der Waals surface area (Å²) < 4.78 is 0. The average molecular weight is 218 g/mol. The summed E-state index contributed by atoms with van der Waals surface area (Å²) in [5, 5.41) is 3.61. The van der Waals surface area contributed by atoms with Crippen LogP contribution in [0.4, 0.5) is 5.69 Å². The predicted octanol–water partition coefficient (Wildman–Crippen LogP) is 3.45. The first-order valence-electron chi connectivity index (χ1n) is 6.38. The van der Waals surface area contributed by atoms with Gasteiger partial charge in [-0.05, 0) is 37.5 Å². The summed E-state index contributed by atoms with van der Waals surface area (Å²) in [6, 6.07) is 9.34. The molecule has 1 saturated carbocycles. The summed E-state index contributed by atoms with van der Waals surface area (Å²) in [7, 11) is 0. The lowest BCUT2D eigenvalue weighted by Crippen LogP contribution is -2.22. The lowest BCUT2D eigenvalue weighted by Gasteiger charge is -2.24. The summed E-state index contributed by atoms with van der Waals surface area (Å²) in [4.78, 5) is 0. The van der Waals surface area contributed by atoms with E-state index in [0.29, 0.717) is 6.04 Å². The minimum Gasteiger partial charge on any atom is -0.382 e. The molecule has 1 aromatic carbocycles. The fraction of sp³-hybridized carbons (Fsp3) is 0.571. The van der Waals surface area contributed by atoms with Crippen molar-refractivity contribution >= 4 is 5.69 Å². The standard InChI is InChI=1S/C14H22N2/c1-11(15)12-7-9-14(10-8-12)16-13-5-3-2-4-6-13/h7-11,13,16H,2-6,15H2,1H3. The Labute approximate surface area is 98.2 Å². The van der Waals surface area contributed by atoms with Crippen molar-refractivity contribution in [1.29, 1.82) is 0 Å². The van der Waals surface area contributed by atoms with Crippen molar-refractivity contribution in [2.45, 2.75) is 51.1 Å². The van der Waals surface area contributed by atoms with Gasteiger partial charge in [0, 0.05) is 17.8 Å². The molecule has 2 rings (SSSR count). The van der Waals surface area contributed by atoms with Crippen LogP contribution in [-0.4, -0.2) is 6.04 Å². The molecule has 1 aliphatic rings. The van der Waals surface area contributed by atoms with E-state index in [1.54, 1.807) is 0 Å². The number of nitrogens with two attached hydrogens (primary N) is 1. The van der Waals surface area contributed by atoms with Gasteiger partial charge in [-0.25, -0.2) is 0 Å². The van der Waals surface area contributed by atoms with Crippen LogP contribution in [0.15, 0.2) is 24.3 Å². The van der Waals surface area contributed by atoms with Gasteiger partial charge in [-0.3, -0.25) is 0 Å². The molecule has 0 saturated heterocycles. The molecule has 16 heavy (non-hydrogen) atoms. The van der Waals surface area contributed by atoms with Crippen LogP contribution < -0.4 is 11.1 Å². The number of hydrogen-bond donors (Lipinski definition) is 2. The predicted molar refractivity (Wildman–Crippen MR) is 69.5 cm³/mol. The molecule has 2 nitrogen and oxygen atoms in total. The average Bonchev–Trinajstić information content (AvgIpc) is 2.31. The van der Waals surface area contributed by atoms with E-state index in [9.17, 15) is 0 Å². The molecule has 0 heterocycles. The van der Waals surface area contributed by atoms with Gasteiger partial charge in [-0.2, -0.15) is 0 Å². The lowest BCUT2D eigenvalue weighted by molar-refractivity contribution is 0.463. The van der Waals surface area contributed by atoms with E-state index < -0.39 is 0 Å². The van der Waals surface area contributed by atoms with Crippen LogP contribution in [0.1, 0.15) is 50.6 Å². The second kappa shape index (κ2) is 5.35. The van der Waals surface area contributed by atoms with Gasteiger partial charge >= 0.3 is 0 Å². The molecule has 0 bridgehead atoms. The molecule has 0 radical (unpaired) electrons. The van der Waals surface area contributed by atoms with Crippen molar-refractivity contribution in [3.63, 3.8) is 0 Å². The zero-order valence-electron chi connectivity index (χ0n) is 10.1. The van der Waals surface area contributed by atoms with E-state index in [4.69, 9.17) is 5.73 Å². The van der Waals surface area contributed by atoms with Crippen LogP contribution in [0.25, 0.3) is 0 Å². The van der Waals surface area contributed by atoms with Gasteiger partial charge < -0.3 is 11.1 Å². The minimum atomic E-state index is 0.128. The zero-order chi connectivity index (χ0) is 11.4. The van der Waals surface area contributed by atoms with Gasteiger partial charge in [-0.15, -0.1) is 0 Å². The van der Waals surface area contributed by atoms with Crippen LogP contribution >= 0.6 is 0 Å². The van der Waals surface area contributed by atoms with Crippen LogP contribution in [0.2, 0.25) is 0 Å². The number of benzene rings is 1. The molecule has 1 aromatic rings. The molecule has 1 atom stereocenters. The molecule has 0 spiro atoms. The van der Waals surface area contributed by atoms with Crippen molar-refractivity contribution in [3.05, 3.63) is 29.8 Å². The molecule has 2 heteroatoms. The Kier molecular flexibility index (Phi) is 3.83. The summed E-state index contributed by atoms with van der Waals surface area (Å²) in [5.74, 6) is 0. The van der Waals surface area contributed by atoms with Gasteiger partial charge in [0.1, 0.15) is 0 Å². The molecule has 88 valence electrons. The third-order valence-electron chi connectivity index (χ3n) is 3.41. The monoisotopic (exact) mass is 218 g/mol. The van der Waals surface area contributed by atoms with Gasteiger partial charge in [-0.1, -0.05) is 31.4 Å². The maximum atomic E-state index is 5.83. The Morgan fingerprint density at radius 3 is 2.31 bits per heavy atom. The lowest BCUT2D eigenvalue weighted by atomic mass is 9.95. The molecule has 1 fully saturated rings. The van der Waals surface area contributed by atoms with Crippen molar-refractivity contribution in [2.75, 3.05) is 5.32 Å². The molecule has 0 aliphatic heterocycles. The third-order valence-corrected chi connectivity index (χ3v) is 3.41. The van der Waals surface area contributed by atoms with Crippen LogP contribution in [0, 0.1) is 0 Å². The van der Waals surface area contributed by atoms with Crippen molar-refractivity contribution in [3.8, 4) is 0 Å². The Hall–Kier alpha value is -1.02. The summed E-state index contributed by atoms with van der Waals surface area (Å²) in [5.41, 5.74) is 8.26. The second-order valence-corrected chi connectivity index (χ2v) is 4.89. The van der Waals surface area contributed by atoms with Gasteiger partial charge in [0.2, 0.25) is 0 Å². The second-order valence-electron chi connectivity index (χ2n) is 4.89. The molecule has 0 aromatic heterocycles. The smallest absolute Gasteiger partial charge is 0.0342 e. The Morgan fingerprint density at radius 2 is 1.75 bits per heavy atom. The number of rotatable bonds is 3. The van der Waals surface area contributed by atoms with Crippen molar-refractivity contribution in [2.24, 2.45) is 5.73 Å².